The molecule has 1 aromatic rings. The quantitative estimate of drug-likeness (QED) is 0.399. The number of nitro groups is 1. The van der Waals surface area contributed by atoms with Crippen LogP contribution < -0.4 is 0 Å². The van der Waals surface area contributed by atoms with Crippen molar-refractivity contribution >= 4 is 17.6 Å². The highest BCUT2D eigenvalue weighted by atomic mass is 16.6. The van der Waals surface area contributed by atoms with Crippen LogP contribution in [0.15, 0.2) is 46.8 Å². The van der Waals surface area contributed by atoms with Crippen LogP contribution in [0.5, 0.6) is 0 Å². The smallest absolute Gasteiger partial charge is 0.336 e. The molecule has 0 bridgehead atoms. The lowest BCUT2D eigenvalue weighted by molar-refractivity contribution is -0.384. The fourth-order valence-corrected chi connectivity index (χ4v) is 3.38. The summed E-state index contributed by atoms with van der Waals surface area (Å²) in [6.07, 6.45) is 0. The molecular formula is C20H24N2O7. The first-order valence-electron chi connectivity index (χ1n) is 9.16. The zero-order valence-corrected chi connectivity index (χ0v) is 16.8. The number of esters is 1. The fraction of sp³-hybridized carbons (Fsp3) is 0.400. The monoisotopic (exact) mass is 404 g/mol. The van der Waals surface area contributed by atoms with Gasteiger partial charge in [-0.3, -0.25) is 10.1 Å². The molecule has 1 heterocycles. The molecule has 9 heteroatoms. The number of carboxylic acids is 1. The number of hydrogen-bond donors (Lipinski definition) is 1. The molecule has 1 aromatic carbocycles. The molecule has 0 unspecified atom stereocenters. The Labute approximate surface area is 168 Å². The van der Waals surface area contributed by atoms with Crippen LogP contribution in [-0.4, -0.2) is 46.8 Å². The molecule has 0 aromatic heterocycles. The van der Waals surface area contributed by atoms with E-state index in [9.17, 15) is 24.8 Å². The molecule has 0 spiro atoms. The highest BCUT2D eigenvalue weighted by Crippen LogP contribution is 2.43. The maximum Gasteiger partial charge on any atom is 0.336 e. The Kier molecular flexibility index (Phi) is 7.11. The van der Waals surface area contributed by atoms with Gasteiger partial charge in [0.05, 0.1) is 28.6 Å². The SMILES string of the molecule is CCOCN1C(C)=C(C(=O)O)[C@H](c2cccc([N+](=O)[O-])c2)C(C(=O)OCC)=C1C. The number of allylic oxidation sites excluding steroid dienone is 2. The van der Waals surface area contributed by atoms with Crippen molar-refractivity contribution in [2.24, 2.45) is 0 Å². The Morgan fingerprint density at radius 3 is 2.38 bits per heavy atom. The second-order valence-corrected chi connectivity index (χ2v) is 6.36. The molecule has 0 saturated carbocycles. The van der Waals surface area contributed by atoms with Gasteiger partial charge < -0.3 is 19.5 Å². The molecule has 0 aliphatic carbocycles. The zero-order valence-electron chi connectivity index (χ0n) is 16.8. The van der Waals surface area contributed by atoms with Crippen LogP contribution in [0, 0.1) is 10.1 Å². The van der Waals surface area contributed by atoms with Crippen LogP contribution >= 0.6 is 0 Å². The van der Waals surface area contributed by atoms with Crippen LogP contribution in [0.2, 0.25) is 0 Å². The van der Waals surface area contributed by atoms with Crippen LogP contribution in [0.1, 0.15) is 39.2 Å². The van der Waals surface area contributed by atoms with Crippen molar-refractivity contribution in [2.45, 2.75) is 33.6 Å². The Morgan fingerprint density at radius 2 is 1.83 bits per heavy atom. The maximum atomic E-state index is 12.8. The molecule has 0 radical (unpaired) electrons. The van der Waals surface area contributed by atoms with Crippen LogP contribution in [-0.2, 0) is 19.1 Å². The lowest BCUT2D eigenvalue weighted by Gasteiger charge is -2.37. The minimum absolute atomic E-state index is 0.0566. The van der Waals surface area contributed by atoms with E-state index in [1.54, 1.807) is 38.7 Å². The average molecular weight is 404 g/mol. The molecular weight excluding hydrogens is 380 g/mol. The highest BCUT2D eigenvalue weighted by Gasteiger charge is 2.40. The van der Waals surface area contributed by atoms with E-state index in [0.717, 1.165) is 0 Å². The minimum Gasteiger partial charge on any atom is -0.478 e. The van der Waals surface area contributed by atoms with Crippen molar-refractivity contribution in [3.05, 3.63) is 62.5 Å². The van der Waals surface area contributed by atoms with Crippen molar-refractivity contribution in [2.75, 3.05) is 19.9 Å². The molecule has 156 valence electrons. The molecule has 1 aliphatic rings. The third-order valence-corrected chi connectivity index (χ3v) is 4.73. The molecule has 1 atom stereocenters. The summed E-state index contributed by atoms with van der Waals surface area (Å²) in [5.74, 6) is -2.91. The Hall–Kier alpha value is -3.20. The number of carbonyl (C=O) groups is 2. The Balaban J connectivity index is 2.75. The van der Waals surface area contributed by atoms with Crippen LogP contribution in [0.4, 0.5) is 5.69 Å². The van der Waals surface area contributed by atoms with Gasteiger partial charge in [-0.1, -0.05) is 12.1 Å². The number of aliphatic carboxylic acids is 1. The number of benzene rings is 1. The van der Waals surface area contributed by atoms with Gasteiger partial charge in [-0.05, 0) is 33.3 Å². The normalized spacial score (nSPS) is 16.8. The van der Waals surface area contributed by atoms with E-state index in [1.807, 2.05) is 0 Å². The third-order valence-electron chi connectivity index (χ3n) is 4.73. The first-order valence-corrected chi connectivity index (χ1v) is 9.16. The fourth-order valence-electron chi connectivity index (χ4n) is 3.38. The molecule has 1 aliphatic heterocycles. The summed E-state index contributed by atoms with van der Waals surface area (Å²) in [6, 6.07) is 5.63. The number of carboxylic acid groups (broad SMARTS) is 1. The lowest BCUT2D eigenvalue weighted by Crippen LogP contribution is -2.36. The van der Waals surface area contributed by atoms with E-state index in [4.69, 9.17) is 9.47 Å². The second-order valence-electron chi connectivity index (χ2n) is 6.36. The van der Waals surface area contributed by atoms with E-state index < -0.39 is 22.8 Å². The number of non-ortho nitro benzene ring substituents is 1. The van der Waals surface area contributed by atoms with Crippen molar-refractivity contribution in [1.82, 2.24) is 4.90 Å². The minimum atomic E-state index is -1.23. The van der Waals surface area contributed by atoms with Crippen molar-refractivity contribution in [3.8, 4) is 0 Å². The van der Waals surface area contributed by atoms with Gasteiger partial charge in [-0.25, -0.2) is 9.59 Å². The highest BCUT2D eigenvalue weighted by molar-refractivity contribution is 5.99. The summed E-state index contributed by atoms with van der Waals surface area (Å²) in [4.78, 5) is 37.3. The number of nitrogens with zero attached hydrogens (tertiary/aromatic N) is 2. The molecule has 0 saturated heterocycles. The van der Waals surface area contributed by atoms with Gasteiger partial charge in [-0.15, -0.1) is 0 Å². The summed E-state index contributed by atoms with van der Waals surface area (Å²) < 4.78 is 10.6. The van der Waals surface area contributed by atoms with Gasteiger partial charge in [0, 0.05) is 30.1 Å². The third kappa shape index (κ3) is 4.45. The largest absolute Gasteiger partial charge is 0.478 e. The zero-order chi connectivity index (χ0) is 21.7. The van der Waals surface area contributed by atoms with E-state index in [1.165, 1.54) is 18.2 Å². The van der Waals surface area contributed by atoms with E-state index in [-0.39, 0.29) is 30.2 Å². The molecule has 0 fully saturated rings. The van der Waals surface area contributed by atoms with Gasteiger partial charge in [0.1, 0.15) is 6.73 Å². The van der Waals surface area contributed by atoms with Crippen molar-refractivity contribution < 1.29 is 29.1 Å². The van der Waals surface area contributed by atoms with Gasteiger partial charge in [-0.2, -0.15) is 0 Å². The summed E-state index contributed by atoms with van der Waals surface area (Å²) in [5.41, 5.74) is 1.08. The summed E-state index contributed by atoms with van der Waals surface area (Å²) in [6.45, 7) is 7.33. The number of nitro benzene ring substituents is 1. The number of hydrogen-bond acceptors (Lipinski definition) is 7. The van der Waals surface area contributed by atoms with E-state index >= 15 is 0 Å². The molecule has 1 N–H and O–H groups in total. The standard InChI is InChI=1S/C20H24N2O7/c1-5-28-11-21-12(3)16(19(23)24)18(17(13(21)4)20(25)29-6-2)14-8-7-9-15(10-14)22(26)27/h7-10,18H,5-6,11H2,1-4H3,(H,23,24)/t18-/m0/s1. The van der Waals surface area contributed by atoms with E-state index in [2.05, 4.69) is 0 Å². The number of ether oxygens (including phenoxy) is 2. The Bertz CT molecular complexity index is 889. The van der Waals surface area contributed by atoms with Gasteiger partial charge in [0.15, 0.2) is 0 Å². The van der Waals surface area contributed by atoms with Crippen molar-refractivity contribution in [3.63, 3.8) is 0 Å². The average Bonchev–Trinajstić information content (AvgIpc) is 2.67. The van der Waals surface area contributed by atoms with Crippen LogP contribution in [0.25, 0.3) is 0 Å². The molecule has 2 rings (SSSR count). The van der Waals surface area contributed by atoms with Gasteiger partial charge in [0.25, 0.3) is 5.69 Å². The first-order chi connectivity index (χ1) is 13.7. The predicted octanol–water partition coefficient (Wildman–Crippen LogP) is 3.18. The first kappa shape index (κ1) is 22.1. The van der Waals surface area contributed by atoms with Gasteiger partial charge >= 0.3 is 11.9 Å². The molecule has 9 nitrogen and oxygen atoms in total. The topological polar surface area (TPSA) is 119 Å². The summed E-state index contributed by atoms with van der Waals surface area (Å²) in [5, 5.41) is 21.2. The second kappa shape index (κ2) is 9.33. The summed E-state index contributed by atoms with van der Waals surface area (Å²) >= 11 is 0. The van der Waals surface area contributed by atoms with Gasteiger partial charge in [0.2, 0.25) is 0 Å². The number of rotatable bonds is 8. The number of carbonyl (C=O) groups excluding carboxylic acids is 1. The van der Waals surface area contributed by atoms with Crippen molar-refractivity contribution in [1.29, 1.82) is 0 Å². The molecule has 0 amide bonds. The van der Waals surface area contributed by atoms with Crippen LogP contribution in [0.3, 0.4) is 0 Å². The predicted molar refractivity (Wildman–Crippen MR) is 104 cm³/mol. The Morgan fingerprint density at radius 1 is 1.17 bits per heavy atom. The molecule has 29 heavy (non-hydrogen) atoms. The maximum absolute atomic E-state index is 12.8. The lowest BCUT2D eigenvalue weighted by atomic mass is 9.79. The van der Waals surface area contributed by atoms with E-state index in [0.29, 0.717) is 23.6 Å². The summed E-state index contributed by atoms with van der Waals surface area (Å²) in [7, 11) is 0.